The average molecular weight is 320 g/mol. The van der Waals surface area contributed by atoms with Gasteiger partial charge >= 0.3 is 0 Å². The molecule has 0 heterocycles. The van der Waals surface area contributed by atoms with E-state index < -0.39 is 0 Å². The van der Waals surface area contributed by atoms with Crippen LogP contribution in [-0.4, -0.2) is 20.6 Å². The largest absolute Gasteiger partial charge is 0.378 e. The Kier molecular flexibility index (Phi) is 5.67. The SMILES string of the molecule is BC1CC(CC)C(C(C)(CC2(C)CC(C)C(C)C2C)OC)C1C. The highest BCUT2D eigenvalue weighted by molar-refractivity contribution is 6.12. The molecule has 0 amide bonds. The molecule has 9 atom stereocenters. The molecule has 0 bridgehead atoms. The number of hydrogen-bond acceptors (Lipinski definition) is 1. The molecule has 0 aromatic heterocycles. The van der Waals surface area contributed by atoms with Crippen molar-refractivity contribution in [1.82, 2.24) is 0 Å². The Morgan fingerprint density at radius 3 is 2.22 bits per heavy atom. The molecule has 2 fully saturated rings. The first-order valence-electron chi connectivity index (χ1n) is 10.1. The molecule has 0 N–H and O–H groups in total. The Hall–Kier alpha value is 0.0249. The second kappa shape index (κ2) is 6.73. The lowest BCUT2D eigenvalue weighted by Crippen LogP contribution is -2.46. The standard InChI is InChI=1S/C21H41BO/c1-9-17-10-18(22)15(4)19(17)21(7,23-8)12-20(6)11-13(2)14(3)16(20)5/h13-19H,9-12,22H2,1-8H3. The van der Waals surface area contributed by atoms with E-state index in [1.54, 1.807) is 0 Å². The predicted molar refractivity (Wildman–Crippen MR) is 104 cm³/mol. The zero-order chi connectivity index (χ0) is 17.6. The molecular formula is C21H41BO. The third-order valence-corrected chi connectivity index (χ3v) is 8.67. The smallest absolute Gasteiger partial charge is 0.105 e. The molecule has 1 nitrogen and oxygen atoms in total. The average Bonchev–Trinajstić information content (AvgIpc) is 2.89. The maximum atomic E-state index is 6.32. The highest BCUT2D eigenvalue weighted by atomic mass is 16.5. The topological polar surface area (TPSA) is 9.23 Å². The molecule has 0 aromatic rings. The van der Waals surface area contributed by atoms with Crippen molar-refractivity contribution in [2.45, 2.75) is 85.6 Å². The van der Waals surface area contributed by atoms with Crippen LogP contribution in [0, 0.1) is 40.9 Å². The zero-order valence-corrected chi connectivity index (χ0v) is 17.3. The van der Waals surface area contributed by atoms with E-state index >= 15 is 0 Å². The molecule has 0 saturated heterocycles. The normalized spacial score (nSPS) is 50.2. The molecule has 0 spiro atoms. The molecule has 2 saturated carbocycles. The lowest BCUT2D eigenvalue weighted by atomic mass is 9.64. The van der Waals surface area contributed by atoms with E-state index in [4.69, 9.17) is 4.74 Å². The molecule has 0 aromatic carbocycles. The summed E-state index contributed by atoms with van der Waals surface area (Å²) in [5, 5.41) is 0. The van der Waals surface area contributed by atoms with Gasteiger partial charge in [0.05, 0.1) is 5.60 Å². The summed E-state index contributed by atoms with van der Waals surface area (Å²) in [5.74, 6) is 5.64. The molecule has 2 rings (SSSR count). The quantitative estimate of drug-likeness (QED) is 0.632. The Balaban J connectivity index is 2.27. The molecule has 9 unspecified atom stereocenters. The maximum Gasteiger partial charge on any atom is 0.105 e. The van der Waals surface area contributed by atoms with Crippen LogP contribution < -0.4 is 0 Å². The summed E-state index contributed by atoms with van der Waals surface area (Å²) >= 11 is 0. The van der Waals surface area contributed by atoms with Crippen LogP contribution in [0.2, 0.25) is 5.82 Å². The summed E-state index contributed by atoms with van der Waals surface area (Å²) in [6, 6.07) is 0. The van der Waals surface area contributed by atoms with Gasteiger partial charge in [0.15, 0.2) is 0 Å². The summed E-state index contributed by atoms with van der Waals surface area (Å²) in [5.41, 5.74) is 0.449. The first-order valence-corrected chi connectivity index (χ1v) is 10.1. The van der Waals surface area contributed by atoms with Crippen molar-refractivity contribution in [3.8, 4) is 0 Å². The lowest BCUT2D eigenvalue weighted by Gasteiger charge is -2.46. The van der Waals surface area contributed by atoms with Crippen molar-refractivity contribution in [2.75, 3.05) is 7.11 Å². The van der Waals surface area contributed by atoms with Gasteiger partial charge in [-0.1, -0.05) is 60.2 Å². The highest BCUT2D eigenvalue weighted by Crippen LogP contribution is 2.58. The van der Waals surface area contributed by atoms with Gasteiger partial charge in [-0.05, 0) is 60.7 Å². The molecule has 23 heavy (non-hydrogen) atoms. The van der Waals surface area contributed by atoms with E-state index in [1.807, 2.05) is 7.11 Å². The van der Waals surface area contributed by atoms with Crippen LogP contribution in [0.3, 0.4) is 0 Å². The van der Waals surface area contributed by atoms with Crippen LogP contribution in [0.5, 0.6) is 0 Å². The van der Waals surface area contributed by atoms with Crippen molar-refractivity contribution in [3.63, 3.8) is 0 Å². The first-order chi connectivity index (χ1) is 10.6. The second-order valence-electron chi connectivity index (χ2n) is 9.94. The lowest BCUT2D eigenvalue weighted by molar-refractivity contribution is -0.103. The van der Waals surface area contributed by atoms with Gasteiger partial charge in [0.25, 0.3) is 0 Å². The van der Waals surface area contributed by atoms with Gasteiger partial charge in [-0.25, -0.2) is 0 Å². The van der Waals surface area contributed by atoms with Crippen LogP contribution in [0.15, 0.2) is 0 Å². The third-order valence-electron chi connectivity index (χ3n) is 8.67. The molecule has 2 heteroatoms. The van der Waals surface area contributed by atoms with Crippen LogP contribution in [0.25, 0.3) is 0 Å². The van der Waals surface area contributed by atoms with Crippen LogP contribution in [-0.2, 0) is 4.74 Å². The Morgan fingerprint density at radius 2 is 1.78 bits per heavy atom. The molecule has 0 radical (unpaired) electrons. The minimum atomic E-state index is 0.0254. The number of hydrogen-bond donors (Lipinski definition) is 0. The van der Waals surface area contributed by atoms with Crippen molar-refractivity contribution in [2.24, 2.45) is 40.9 Å². The van der Waals surface area contributed by atoms with E-state index in [9.17, 15) is 0 Å². The van der Waals surface area contributed by atoms with Gasteiger partial charge in [0.2, 0.25) is 0 Å². The number of ether oxygens (including phenoxy) is 1. The van der Waals surface area contributed by atoms with Crippen molar-refractivity contribution >= 4 is 7.85 Å². The van der Waals surface area contributed by atoms with Gasteiger partial charge < -0.3 is 4.74 Å². The summed E-state index contributed by atoms with van der Waals surface area (Å²) in [4.78, 5) is 0. The molecule has 134 valence electrons. The fourth-order valence-corrected chi connectivity index (χ4v) is 6.69. The fourth-order valence-electron chi connectivity index (χ4n) is 6.69. The van der Waals surface area contributed by atoms with Gasteiger partial charge in [0.1, 0.15) is 7.85 Å². The van der Waals surface area contributed by atoms with Crippen LogP contribution in [0.1, 0.15) is 74.1 Å². The highest BCUT2D eigenvalue weighted by Gasteiger charge is 2.54. The summed E-state index contributed by atoms with van der Waals surface area (Å²) < 4.78 is 6.32. The predicted octanol–water partition coefficient (Wildman–Crippen LogP) is 5.20. The van der Waals surface area contributed by atoms with Crippen molar-refractivity contribution in [1.29, 1.82) is 0 Å². The number of rotatable bonds is 5. The summed E-state index contributed by atoms with van der Waals surface area (Å²) in [6.45, 7) is 17.2. The monoisotopic (exact) mass is 320 g/mol. The fraction of sp³-hybridized carbons (Fsp3) is 1.00. The molecular weight excluding hydrogens is 279 g/mol. The minimum absolute atomic E-state index is 0.0254. The third kappa shape index (κ3) is 3.26. The minimum Gasteiger partial charge on any atom is -0.378 e. The van der Waals surface area contributed by atoms with E-state index in [2.05, 4.69) is 56.3 Å². The van der Waals surface area contributed by atoms with Gasteiger partial charge in [-0.3, -0.25) is 0 Å². The van der Waals surface area contributed by atoms with E-state index in [-0.39, 0.29) is 5.60 Å². The summed E-state index contributed by atoms with van der Waals surface area (Å²) in [7, 11) is 4.42. The Labute approximate surface area is 146 Å². The number of methoxy groups -OCH3 is 1. The van der Waals surface area contributed by atoms with E-state index in [0.29, 0.717) is 11.3 Å². The molecule has 2 aliphatic carbocycles. The van der Waals surface area contributed by atoms with Crippen LogP contribution in [0.4, 0.5) is 0 Å². The van der Waals surface area contributed by atoms with Gasteiger partial charge in [0, 0.05) is 7.11 Å². The second-order valence-corrected chi connectivity index (χ2v) is 9.94. The van der Waals surface area contributed by atoms with Crippen molar-refractivity contribution in [3.05, 3.63) is 0 Å². The zero-order valence-electron chi connectivity index (χ0n) is 17.3. The Bertz CT molecular complexity index is 411. The van der Waals surface area contributed by atoms with Crippen LogP contribution >= 0.6 is 0 Å². The van der Waals surface area contributed by atoms with E-state index in [1.165, 1.54) is 25.7 Å². The van der Waals surface area contributed by atoms with Gasteiger partial charge in [-0.2, -0.15) is 0 Å². The van der Waals surface area contributed by atoms with E-state index in [0.717, 1.165) is 35.4 Å². The molecule has 2 aliphatic rings. The first kappa shape index (κ1) is 19.4. The molecule has 0 aliphatic heterocycles. The summed E-state index contributed by atoms with van der Waals surface area (Å²) in [6.07, 6.45) is 5.28. The van der Waals surface area contributed by atoms with Crippen molar-refractivity contribution < 1.29 is 4.74 Å². The van der Waals surface area contributed by atoms with Gasteiger partial charge in [-0.15, -0.1) is 0 Å². The maximum absolute atomic E-state index is 6.32. The Morgan fingerprint density at radius 1 is 1.17 bits per heavy atom.